The van der Waals surface area contributed by atoms with Crippen LogP contribution in [0.2, 0.25) is 0 Å². The van der Waals surface area contributed by atoms with Crippen molar-refractivity contribution in [3.05, 3.63) is 133 Å². The van der Waals surface area contributed by atoms with Crippen molar-refractivity contribution in [1.82, 2.24) is 4.57 Å². The molecule has 3 nitrogen and oxygen atoms in total. The summed E-state index contributed by atoms with van der Waals surface area (Å²) in [6.45, 7) is 1.91. The second-order valence-electron chi connectivity index (χ2n) is 9.27. The lowest BCUT2D eigenvalue weighted by molar-refractivity contribution is -0.151. The van der Waals surface area contributed by atoms with Gasteiger partial charge >= 0.3 is 5.97 Å². The van der Waals surface area contributed by atoms with E-state index in [0.29, 0.717) is 0 Å². The molecule has 3 heteroatoms. The first kappa shape index (κ1) is 21.4. The number of esters is 1. The largest absolute Gasteiger partial charge is 0.451 e. The Balaban J connectivity index is 1.42. The quantitative estimate of drug-likeness (QED) is 0.291. The van der Waals surface area contributed by atoms with E-state index in [1.165, 1.54) is 0 Å². The highest BCUT2D eigenvalue weighted by Crippen LogP contribution is 2.42. The van der Waals surface area contributed by atoms with E-state index in [1.54, 1.807) is 0 Å². The van der Waals surface area contributed by atoms with Crippen molar-refractivity contribution < 1.29 is 9.53 Å². The van der Waals surface area contributed by atoms with Crippen molar-refractivity contribution in [3.63, 3.8) is 0 Å². The Morgan fingerprint density at radius 3 is 2.49 bits per heavy atom. The number of fused-ring (bicyclic) bond motifs is 3. The van der Waals surface area contributed by atoms with Gasteiger partial charge < -0.3 is 9.30 Å². The number of carbonyl (C=O) groups excluding carboxylic acids is 1. The van der Waals surface area contributed by atoms with Crippen LogP contribution < -0.4 is 0 Å². The van der Waals surface area contributed by atoms with E-state index in [0.717, 1.165) is 32.8 Å². The van der Waals surface area contributed by atoms with Crippen LogP contribution in [0.15, 0.2) is 127 Å². The summed E-state index contributed by atoms with van der Waals surface area (Å²) >= 11 is 0. The van der Waals surface area contributed by atoms with Crippen molar-refractivity contribution in [2.75, 3.05) is 0 Å². The molecule has 35 heavy (non-hydrogen) atoms. The number of ether oxygens (including phenoxy) is 1. The zero-order chi connectivity index (χ0) is 23.8. The Labute approximate surface area is 205 Å². The van der Waals surface area contributed by atoms with E-state index in [4.69, 9.17) is 4.74 Å². The van der Waals surface area contributed by atoms with Gasteiger partial charge in [0.05, 0.1) is 0 Å². The zero-order valence-corrected chi connectivity index (χ0v) is 19.6. The van der Waals surface area contributed by atoms with Gasteiger partial charge in [-0.2, -0.15) is 0 Å². The molecule has 172 valence electrons. The van der Waals surface area contributed by atoms with Crippen LogP contribution in [-0.2, 0) is 9.53 Å². The van der Waals surface area contributed by atoms with Crippen molar-refractivity contribution in [2.24, 2.45) is 11.8 Å². The number of nitrogens with zero attached hydrogens (tertiary/aromatic N) is 1. The first-order chi connectivity index (χ1) is 17.2. The van der Waals surface area contributed by atoms with Gasteiger partial charge in [0.2, 0.25) is 0 Å². The maximum absolute atomic E-state index is 13.7. The second kappa shape index (κ2) is 8.92. The third-order valence-electron chi connectivity index (χ3n) is 7.22. The molecular formula is C32H27NO2. The molecule has 0 fully saturated rings. The third kappa shape index (κ3) is 3.83. The number of hydrogen-bond acceptors (Lipinski definition) is 2. The first-order valence-corrected chi connectivity index (χ1v) is 12.2. The topological polar surface area (TPSA) is 31.2 Å². The van der Waals surface area contributed by atoms with Crippen molar-refractivity contribution >= 4 is 27.6 Å². The fourth-order valence-corrected chi connectivity index (χ4v) is 5.37. The van der Waals surface area contributed by atoms with E-state index in [2.05, 4.69) is 78.9 Å². The molecule has 3 aromatic carbocycles. The van der Waals surface area contributed by atoms with E-state index < -0.39 is 12.1 Å². The number of allylic oxidation sites excluding steroid dienone is 7. The molecule has 3 unspecified atom stereocenters. The van der Waals surface area contributed by atoms with Gasteiger partial charge in [-0.25, -0.2) is 4.79 Å². The van der Waals surface area contributed by atoms with E-state index in [-0.39, 0.29) is 17.8 Å². The summed E-state index contributed by atoms with van der Waals surface area (Å²) in [6.07, 6.45) is 16.5. The molecular weight excluding hydrogens is 430 g/mol. The molecule has 0 amide bonds. The number of hydrogen-bond donors (Lipinski definition) is 0. The van der Waals surface area contributed by atoms with Gasteiger partial charge in [-0.3, -0.25) is 0 Å². The van der Waals surface area contributed by atoms with Crippen LogP contribution in [0, 0.1) is 11.8 Å². The lowest BCUT2D eigenvalue weighted by Crippen LogP contribution is -2.26. The summed E-state index contributed by atoms with van der Waals surface area (Å²) in [6, 6.07) is 24.2. The van der Waals surface area contributed by atoms with Crippen molar-refractivity contribution in [2.45, 2.75) is 19.1 Å². The van der Waals surface area contributed by atoms with Gasteiger partial charge in [0.1, 0.15) is 12.1 Å². The molecule has 4 aromatic rings. The molecule has 0 saturated heterocycles. The van der Waals surface area contributed by atoms with Crippen LogP contribution in [0.1, 0.15) is 24.6 Å². The van der Waals surface area contributed by atoms with E-state index in [9.17, 15) is 4.79 Å². The highest BCUT2D eigenvalue weighted by Gasteiger charge is 2.33. The molecule has 0 saturated carbocycles. The lowest BCUT2D eigenvalue weighted by atomic mass is 9.76. The summed E-state index contributed by atoms with van der Waals surface area (Å²) in [4.78, 5) is 13.7. The molecule has 0 bridgehead atoms. The second-order valence-corrected chi connectivity index (χ2v) is 9.27. The fraction of sp³-hybridized carbons (Fsp3) is 0.156. The minimum absolute atomic E-state index is 0.157. The van der Waals surface area contributed by atoms with Gasteiger partial charge in [0.15, 0.2) is 0 Å². The molecule has 0 aliphatic heterocycles. The number of benzene rings is 3. The molecule has 1 heterocycles. The van der Waals surface area contributed by atoms with Gasteiger partial charge in [0.25, 0.3) is 0 Å². The van der Waals surface area contributed by atoms with Crippen LogP contribution in [0.25, 0.3) is 21.7 Å². The molecule has 0 N–H and O–H groups in total. The van der Waals surface area contributed by atoms with Crippen LogP contribution >= 0.6 is 0 Å². The van der Waals surface area contributed by atoms with Gasteiger partial charge in [-0.05, 0) is 40.8 Å². The van der Waals surface area contributed by atoms with E-state index in [1.807, 2.05) is 54.1 Å². The molecule has 2 aliphatic rings. The maximum Gasteiger partial charge on any atom is 0.329 e. The Morgan fingerprint density at radius 2 is 1.57 bits per heavy atom. The summed E-state index contributed by atoms with van der Waals surface area (Å²) in [5.41, 5.74) is 3.15. The standard InChI is InChI=1S/C32H27NO2/c1-22(33-21-20-25-12-4-7-19-30(25)33)32(34)35-31(28-17-8-13-23-10-2-5-15-26(23)28)29-18-9-14-24-11-3-6-16-27(24)29/h2-23,26,31H,1H3/t22-,23?,26?,31?/m0/s1. The minimum atomic E-state index is -0.480. The Bertz CT molecular complexity index is 1530. The predicted octanol–water partition coefficient (Wildman–Crippen LogP) is 7.49. The molecule has 6 rings (SSSR count). The minimum Gasteiger partial charge on any atom is -0.451 e. The Kier molecular flexibility index (Phi) is 5.46. The van der Waals surface area contributed by atoms with Gasteiger partial charge in [0, 0.05) is 29.1 Å². The molecule has 2 aliphatic carbocycles. The van der Waals surface area contributed by atoms with Gasteiger partial charge in [-0.1, -0.05) is 103 Å². The highest BCUT2D eigenvalue weighted by molar-refractivity contribution is 5.87. The Hall–Kier alpha value is -4.11. The van der Waals surface area contributed by atoms with Crippen LogP contribution in [0.4, 0.5) is 0 Å². The number of para-hydroxylation sites is 1. The monoisotopic (exact) mass is 457 g/mol. The summed E-state index contributed by atoms with van der Waals surface area (Å²) < 4.78 is 8.45. The normalized spacial score (nSPS) is 20.4. The smallest absolute Gasteiger partial charge is 0.329 e. The summed E-state index contributed by atoms with van der Waals surface area (Å²) in [5, 5.41) is 3.35. The third-order valence-corrected chi connectivity index (χ3v) is 7.22. The van der Waals surface area contributed by atoms with Gasteiger partial charge in [-0.15, -0.1) is 0 Å². The molecule has 1 aromatic heterocycles. The van der Waals surface area contributed by atoms with Crippen molar-refractivity contribution in [1.29, 1.82) is 0 Å². The van der Waals surface area contributed by atoms with Crippen LogP contribution in [0.5, 0.6) is 0 Å². The molecule has 0 radical (unpaired) electrons. The predicted molar refractivity (Wildman–Crippen MR) is 142 cm³/mol. The summed E-state index contributed by atoms with van der Waals surface area (Å²) in [5.74, 6) is 0.179. The first-order valence-electron chi connectivity index (χ1n) is 12.2. The number of aromatic nitrogens is 1. The highest BCUT2D eigenvalue weighted by atomic mass is 16.5. The Morgan fingerprint density at radius 1 is 0.829 bits per heavy atom. The van der Waals surface area contributed by atoms with Crippen LogP contribution in [0.3, 0.4) is 0 Å². The molecule has 0 spiro atoms. The average molecular weight is 458 g/mol. The summed E-state index contributed by atoms with van der Waals surface area (Å²) in [7, 11) is 0. The van der Waals surface area contributed by atoms with E-state index >= 15 is 0 Å². The lowest BCUT2D eigenvalue weighted by Gasteiger charge is -2.33. The molecule has 4 atom stereocenters. The van der Waals surface area contributed by atoms with Crippen molar-refractivity contribution in [3.8, 4) is 0 Å². The fourth-order valence-electron chi connectivity index (χ4n) is 5.37. The number of rotatable bonds is 5. The van der Waals surface area contributed by atoms with Crippen LogP contribution in [-0.4, -0.2) is 10.5 Å². The number of carbonyl (C=O) groups is 1. The SMILES string of the molecule is C[C@@H](C(=O)OC(C1=CC=CC2C=CC=CC12)c1cccc2ccccc12)n1ccc2ccccc21. The average Bonchev–Trinajstić information content (AvgIpc) is 3.35. The maximum atomic E-state index is 13.7. The zero-order valence-electron chi connectivity index (χ0n) is 19.6.